The number of hydrogen-bond donors (Lipinski definition) is 0. The number of amides is 1. The monoisotopic (exact) mass is 306 g/mol. The van der Waals surface area contributed by atoms with Crippen molar-refractivity contribution in [3.8, 4) is 5.75 Å². The molecule has 0 N–H and O–H groups in total. The summed E-state index contributed by atoms with van der Waals surface area (Å²) in [4.78, 5) is 25.5. The van der Waals surface area contributed by atoms with Gasteiger partial charge in [0.25, 0.3) is 0 Å². The van der Waals surface area contributed by atoms with Gasteiger partial charge in [0.05, 0.1) is 7.11 Å². The second kappa shape index (κ2) is 6.34. The smallest absolute Gasteiger partial charge is 0.245 e. The maximum absolute atomic E-state index is 12.7. The molecule has 0 saturated carbocycles. The molecule has 2 rings (SSSR count). The third-order valence-electron chi connectivity index (χ3n) is 4.33. The maximum atomic E-state index is 12.7. The third kappa shape index (κ3) is 2.65. The molecular weight excluding hydrogens is 284 g/mol. The average Bonchev–Trinajstić information content (AvgIpc) is 2.80. The molecule has 3 atom stereocenters. The lowest BCUT2D eigenvalue weighted by atomic mass is 9.90. The van der Waals surface area contributed by atoms with Gasteiger partial charge in [0.1, 0.15) is 17.7 Å². The summed E-state index contributed by atoms with van der Waals surface area (Å²) in [6, 6.07) is 5.80. The molecule has 0 bridgehead atoms. The number of nitro groups is 1. The Hall–Kier alpha value is -2.11. The third-order valence-corrected chi connectivity index (χ3v) is 4.33. The van der Waals surface area contributed by atoms with Crippen LogP contribution in [0.25, 0.3) is 0 Å². The van der Waals surface area contributed by atoms with E-state index in [1.54, 1.807) is 36.3 Å². The summed E-state index contributed by atoms with van der Waals surface area (Å²) >= 11 is 0. The van der Waals surface area contributed by atoms with E-state index in [1.165, 1.54) is 0 Å². The van der Waals surface area contributed by atoms with Crippen molar-refractivity contribution in [3.05, 3.63) is 34.4 Å². The number of carbonyl (C=O) groups is 1. The Morgan fingerprint density at radius 3 is 2.32 bits per heavy atom. The molecule has 6 nitrogen and oxygen atoms in total. The number of hydrogen-bond acceptors (Lipinski definition) is 4. The molecule has 0 aliphatic carbocycles. The largest absolute Gasteiger partial charge is 0.497 e. The predicted molar refractivity (Wildman–Crippen MR) is 83.7 cm³/mol. The first kappa shape index (κ1) is 16.3. The lowest BCUT2D eigenvalue weighted by Crippen LogP contribution is -2.44. The van der Waals surface area contributed by atoms with Crippen molar-refractivity contribution in [1.29, 1.82) is 0 Å². The highest BCUT2D eigenvalue weighted by Gasteiger charge is 2.55. The van der Waals surface area contributed by atoms with E-state index in [4.69, 9.17) is 4.74 Å². The molecule has 1 amide bonds. The molecule has 1 saturated heterocycles. The Morgan fingerprint density at radius 2 is 1.91 bits per heavy atom. The summed E-state index contributed by atoms with van der Waals surface area (Å²) in [6.07, 6.45) is 0.473. The van der Waals surface area contributed by atoms with Gasteiger partial charge >= 0.3 is 0 Å². The number of nitrogens with zero attached hydrogens (tertiary/aromatic N) is 2. The van der Waals surface area contributed by atoms with Crippen LogP contribution in [0.15, 0.2) is 24.3 Å². The average molecular weight is 306 g/mol. The standard InChI is InChI=1S/C16H22N2O4/c1-5-13-15(18(20)21)14(10(2)3)17(16(13)19)11-6-8-12(22-4)9-7-11/h6-10,13-15H,5H2,1-4H3/t13-,14+,15-/m0/s1. The first-order valence-corrected chi connectivity index (χ1v) is 7.53. The molecule has 6 heteroatoms. The SMILES string of the molecule is CC[C@@H]1C(=O)N(c2ccc(OC)cc2)[C@H](C(C)C)[C@H]1[N+](=O)[O-]. The van der Waals surface area contributed by atoms with Gasteiger partial charge in [-0.25, -0.2) is 0 Å². The van der Waals surface area contributed by atoms with Crippen molar-refractivity contribution in [2.24, 2.45) is 11.8 Å². The van der Waals surface area contributed by atoms with Crippen molar-refractivity contribution < 1.29 is 14.5 Å². The molecule has 1 heterocycles. The van der Waals surface area contributed by atoms with E-state index in [9.17, 15) is 14.9 Å². The van der Waals surface area contributed by atoms with E-state index in [0.29, 0.717) is 17.9 Å². The minimum atomic E-state index is -0.861. The molecule has 1 aliphatic heterocycles. The summed E-state index contributed by atoms with van der Waals surface area (Å²) < 4.78 is 5.12. The van der Waals surface area contributed by atoms with Crippen LogP contribution in [0.5, 0.6) is 5.75 Å². The van der Waals surface area contributed by atoms with Crippen LogP contribution >= 0.6 is 0 Å². The fourth-order valence-corrected chi connectivity index (χ4v) is 3.28. The van der Waals surface area contributed by atoms with Crippen molar-refractivity contribution >= 4 is 11.6 Å². The minimum absolute atomic E-state index is 0.00185. The van der Waals surface area contributed by atoms with Crippen molar-refractivity contribution in [1.82, 2.24) is 0 Å². The van der Waals surface area contributed by atoms with Crippen LogP contribution in [0.2, 0.25) is 0 Å². The lowest BCUT2D eigenvalue weighted by Gasteiger charge is -2.28. The summed E-state index contributed by atoms with van der Waals surface area (Å²) in [5.74, 6) is -0.0371. The zero-order valence-corrected chi connectivity index (χ0v) is 13.4. The number of rotatable bonds is 5. The molecule has 1 fully saturated rings. The molecular formula is C16H22N2O4. The van der Waals surface area contributed by atoms with Crippen LogP contribution in [0.3, 0.4) is 0 Å². The van der Waals surface area contributed by atoms with Gasteiger partial charge < -0.3 is 9.64 Å². The van der Waals surface area contributed by atoms with Gasteiger partial charge in [-0.3, -0.25) is 14.9 Å². The quantitative estimate of drug-likeness (QED) is 0.619. The molecule has 1 aliphatic rings. The highest BCUT2D eigenvalue weighted by Crippen LogP contribution is 2.37. The maximum Gasteiger partial charge on any atom is 0.245 e. The van der Waals surface area contributed by atoms with Gasteiger partial charge in [-0.2, -0.15) is 0 Å². The van der Waals surface area contributed by atoms with E-state index in [-0.39, 0.29) is 16.7 Å². The first-order chi connectivity index (χ1) is 10.4. The van der Waals surface area contributed by atoms with Gasteiger partial charge in [-0.05, 0) is 36.6 Å². The Bertz CT molecular complexity index is 556. The van der Waals surface area contributed by atoms with E-state index < -0.39 is 18.0 Å². The molecule has 0 unspecified atom stereocenters. The van der Waals surface area contributed by atoms with Crippen LogP contribution in [-0.4, -0.2) is 30.0 Å². The molecule has 0 radical (unpaired) electrons. The molecule has 1 aromatic rings. The fraction of sp³-hybridized carbons (Fsp3) is 0.562. The fourth-order valence-electron chi connectivity index (χ4n) is 3.28. The molecule has 120 valence electrons. The Labute approximate surface area is 130 Å². The van der Waals surface area contributed by atoms with Gasteiger partial charge in [0.15, 0.2) is 0 Å². The van der Waals surface area contributed by atoms with Crippen LogP contribution in [0.1, 0.15) is 27.2 Å². The highest BCUT2D eigenvalue weighted by atomic mass is 16.6. The van der Waals surface area contributed by atoms with Gasteiger partial charge in [-0.1, -0.05) is 20.8 Å². The summed E-state index contributed by atoms with van der Waals surface area (Å²) in [5.41, 5.74) is 0.687. The highest BCUT2D eigenvalue weighted by molar-refractivity contribution is 5.99. The van der Waals surface area contributed by atoms with Crippen molar-refractivity contribution in [2.75, 3.05) is 12.0 Å². The first-order valence-electron chi connectivity index (χ1n) is 7.53. The predicted octanol–water partition coefficient (Wildman–Crippen LogP) is 2.74. The van der Waals surface area contributed by atoms with Crippen LogP contribution in [0.4, 0.5) is 5.69 Å². The Kier molecular flexibility index (Phi) is 4.68. The summed E-state index contributed by atoms with van der Waals surface area (Å²) in [7, 11) is 1.57. The van der Waals surface area contributed by atoms with E-state index in [2.05, 4.69) is 0 Å². The second-order valence-corrected chi connectivity index (χ2v) is 5.93. The van der Waals surface area contributed by atoms with Crippen molar-refractivity contribution in [3.63, 3.8) is 0 Å². The van der Waals surface area contributed by atoms with Crippen LogP contribution in [-0.2, 0) is 4.79 Å². The Morgan fingerprint density at radius 1 is 1.32 bits per heavy atom. The number of carbonyl (C=O) groups excluding carboxylic acids is 1. The number of benzene rings is 1. The van der Waals surface area contributed by atoms with E-state index in [1.807, 2.05) is 20.8 Å². The summed E-state index contributed by atoms with van der Waals surface area (Å²) in [6.45, 7) is 5.67. The Balaban J connectivity index is 2.46. The topological polar surface area (TPSA) is 72.7 Å². The van der Waals surface area contributed by atoms with Crippen molar-refractivity contribution in [2.45, 2.75) is 39.3 Å². The normalized spacial score (nSPS) is 24.9. The molecule has 1 aromatic carbocycles. The zero-order valence-electron chi connectivity index (χ0n) is 13.4. The van der Waals surface area contributed by atoms with Gasteiger partial charge in [-0.15, -0.1) is 0 Å². The number of anilines is 1. The summed E-state index contributed by atoms with van der Waals surface area (Å²) in [5, 5.41) is 11.5. The van der Waals surface area contributed by atoms with Crippen LogP contribution in [0, 0.1) is 22.0 Å². The second-order valence-electron chi connectivity index (χ2n) is 5.93. The molecule has 0 aromatic heterocycles. The van der Waals surface area contributed by atoms with Gasteiger partial charge in [0.2, 0.25) is 11.9 Å². The minimum Gasteiger partial charge on any atom is -0.497 e. The number of methoxy groups -OCH3 is 1. The van der Waals surface area contributed by atoms with E-state index >= 15 is 0 Å². The number of ether oxygens (including phenoxy) is 1. The van der Waals surface area contributed by atoms with Gasteiger partial charge in [0, 0.05) is 10.6 Å². The zero-order chi connectivity index (χ0) is 16.4. The van der Waals surface area contributed by atoms with E-state index in [0.717, 1.165) is 0 Å². The lowest BCUT2D eigenvalue weighted by molar-refractivity contribution is -0.530. The molecule has 0 spiro atoms. The molecule has 22 heavy (non-hydrogen) atoms. The van der Waals surface area contributed by atoms with Crippen LogP contribution < -0.4 is 9.64 Å².